The van der Waals surface area contributed by atoms with Gasteiger partial charge in [0.25, 0.3) is 0 Å². The number of halogens is 2. The van der Waals surface area contributed by atoms with Crippen LogP contribution in [0.15, 0.2) is 0 Å². The third-order valence-electron chi connectivity index (χ3n) is 1.22. The predicted molar refractivity (Wildman–Crippen MR) is 51.0 cm³/mol. The van der Waals surface area contributed by atoms with Crippen LogP contribution in [0.5, 0.6) is 0 Å². The highest BCUT2D eigenvalue weighted by molar-refractivity contribution is 9.09. The number of hydrogen-bond donors (Lipinski definition) is 0. The van der Waals surface area contributed by atoms with Gasteiger partial charge in [0.2, 0.25) is 0 Å². The molecule has 0 N–H and O–H groups in total. The molecule has 0 bridgehead atoms. The van der Waals surface area contributed by atoms with Gasteiger partial charge in [0, 0.05) is 17.1 Å². The van der Waals surface area contributed by atoms with E-state index in [0.29, 0.717) is 17.1 Å². The maximum Gasteiger partial charge on any atom is 0.0997 e. The molecule has 1 aromatic heterocycles. The van der Waals surface area contributed by atoms with Gasteiger partial charge in [-0.25, -0.2) is 0 Å². The fraction of sp³-hybridized carbons (Fsp3) is 0.600. The van der Waals surface area contributed by atoms with Crippen LogP contribution in [0, 0.1) is 0 Å². The van der Waals surface area contributed by atoms with Gasteiger partial charge in [-0.2, -0.15) is 15.0 Å². The molecule has 0 fully saturated rings. The Labute approximate surface area is 83.2 Å². The van der Waals surface area contributed by atoms with E-state index in [1.807, 2.05) is 0 Å². The Hall–Kier alpha value is 0.165. The molecule has 6 heteroatoms. The molecule has 0 aromatic carbocycles. The number of hydrogen-bond acceptors (Lipinski definition) is 2. The second-order valence-electron chi connectivity index (χ2n) is 1.92. The van der Waals surface area contributed by atoms with E-state index in [2.05, 4.69) is 42.1 Å². The fourth-order valence-corrected chi connectivity index (χ4v) is 1.58. The zero-order chi connectivity index (χ0) is 8.27. The lowest BCUT2D eigenvalue weighted by atomic mass is 10.2. The lowest BCUT2D eigenvalue weighted by molar-refractivity contribution is 0.626. The summed E-state index contributed by atoms with van der Waals surface area (Å²) < 4.78 is 0. The summed E-state index contributed by atoms with van der Waals surface area (Å²) in [5, 5.41) is 9.68. The van der Waals surface area contributed by atoms with Crippen LogP contribution in [-0.2, 0) is 17.1 Å². The molecule has 11 heavy (non-hydrogen) atoms. The standard InChI is InChI=1S/C5H6BBr2N3/c6-3-11-9-4(1-7)5(2-8)10-11/h1-3H2. The minimum absolute atomic E-state index is 0.326. The van der Waals surface area contributed by atoms with Gasteiger partial charge in [0.1, 0.15) is 0 Å². The van der Waals surface area contributed by atoms with Crippen LogP contribution < -0.4 is 0 Å². The largest absolute Gasteiger partial charge is 0.194 e. The summed E-state index contributed by atoms with van der Waals surface area (Å²) in [5.41, 5.74) is 1.87. The van der Waals surface area contributed by atoms with Crippen molar-refractivity contribution in [2.75, 3.05) is 0 Å². The van der Waals surface area contributed by atoms with Crippen molar-refractivity contribution < 1.29 is 0 Å². The molecule has 0 unspecified atom stereocenters. The van der Waals surface area contributed by atoms with Crippen molar-refractivity contribution in [1.29, 1.82) is 0 Å². The summed E-state index contributed by atoms with van der Waals surface area (Å²) >= 11 is 6.63. The lowest BCUT2D eigenvalue weighted by Crippen LogP contribution is -2.01. The van der Waals surface area contributed by atoms with Crippen LogP contribution in [0.25, 0.3) is 0 Å². The minimum Gasteiger partial charge on any atom is -0.194 e. The second-order valence-corrected chi connectivity index (χ2v) is 3.04. The van der Waals surface area contributed by atoms with Crippen molar-refractivity contribution in [3.63, 3.8) is 0 Å². The van der Waals surface area contributed by atoms with Crippen LogP contribution in [0.1, 0.15) is 11.4 Å². The summed E-state index contributed by atoms with van der Waals surface area (Å²) in [6.45, 7) is 0. The van der Waals surface area contributed by atoms with Gasteiger partial charge in [0.05, 0.1) is 19.2 Å². The first-order valence-corrected chi connectivity index (χ1v) is 5.31. The normalized spacial score (nSPS) is 10.4. The van der Waals surface area contributed by atoms with E-state index in [9.17, 15) is 0 Å². The highest BCUT2D eigenvalue weighted by atomic mass is 79.9. The Bertz CT molecular complexity index is 216. The maximum absolute atomic E-state index is 5.35. The molecule has 3 nitrogen and oxygen atoms in total. The van der Waals surface area contributed by atoms with Gasteiger partial charge in [-0.15, -0.1) is 0 Å². The lowest BCUT2D eigenvalue weighted by Gasteiger charge is -1.87. The third kappa shape index (κ3) is 2.05. The molecular weight excluding hydrogens is 273 g/mol. The molecule has 1 rings (SSSR count). The van der Waals surface area contributed by atoms with Gasteiger partial charge < -0.3 is 0 Å². The summed E-state index contributed by atoms with van der Waals surface area (Å²) in [6, 6.07) is 0. The quantitative estimate of drug-likeness (QED) is 0.614. The number of rotatable bonds is 3. The molecule has 0 amide bonds. The molecule has 0 spiro atoms. The van der Waals surface area contributed by atoms with Crippen LogP contribution in [0.2, 0.25) is 0 Å². The van der Waals surface area contributed by atoms with E-state index in [-0.39, 0.29) is 0 Å². The van der Waals surface area contributed by atoms with Crippen molar-refractivity contribution in [2.45, 2.75) is 17.1 Å². The number of aromatic nitrogens is 3. The molecule has 2 radical (unpaired) electrons. The smallest absolute Gasteiger partial charge is 0.0997 e. The first-order chi connectivity index (χ1) is 5.31. The molecule has 0 aliphatic carbocycles. The zero-order valence-corrected chi connectivity index (χ0v) is 8.97. The molecule has 0 saturated heterocycles. The zero-order valence-electron chi connectivity index (χ0n) is 5.80. The molecule has 1 heterocycles. The van der Waals surface area contributed by atoms with Crippen molar-refractivity contribution >= 4 is 39.7 Å². The maximum atomic E-state index is 5.35. The molecule has 0 aliphatic rings. The van der Waals surface area contributed by atoms with Gasteiger partial charge in [-0.3, -0.25) is 0 Å². The summed E-state index contributed by atoms with van der Waals surface area (Å²) in [5.74, 6) is 0. The molecule has 0 atom stereocenters. The summed E-state index contributed by atoms with van der Waals surface area (Å²) in [6.07, 6.45) is 0.326. The SMILES string of the molecule is [B]Cn1nc(CBr)c(CBr)n1. The van der Waals surface area contributed by atoms with Crippen molar-refractivity contribution in [1.82, 2.24) is 15.0 Å². The molecule has 0 saturated carbocycles. The first-order valence-electron chi connectivity index (χ1n) is 3.06. The van der Waals surface area contributed by atoms with Crippen LogP contribution in [-0.4, -0.2) is 22.8 Å². The van der Waals surface area contributed by atoms with Gasteiger partial charge >= 0.3 is 0 Å². The Morgan fingerprint density at radius 3 is 1.91 bits per heavy atom. The molecule has 58 valence electrons. The Morgan fingerprint density at radius 1 is 1.18 bits per heavy atom. The van der Waals surface area contributed by atoms with E-state index in [1.165, 1.54) is 4.80 Å². The number of alkyl halides is 2. The third-order valence-corrected chi connectivity index (χ3v) is 2.28. The second kappa shape index (κ2) is 4.26. The average Bonchev–Trinajstić information content (AvgIpc) is 2.46. The van der Waals surface area contributed by atoms with Gasteiger partial charge in [-0.05, 0) is 0 Å². The van der Waals surface area contributed by atoms with Crippen molar-refractivity contribution in [2.24, 2.45) is 0 Å². The van der Waals surface area contributed by atoms with E-state index >= 15 is 0 Å². The van der Waals surface area contributed by atoms with Crippen molar-refractivity contribution in [3.8, 4) is 0 Å². The predicted octanol–water partition coefficient (Wildman–Crippen LogP) is 1.19. The Balaban J connectivity index is 2.92. The average molecular weight is 279 g/mol. The summed E-state index contributed by atoms with van der Waals surface area (Å²) in [7, 11) is 5.35. The monoisotopic (exact) mass is 277 g/mol. The molecule has 0 aliphatic heterocycles. The Morgan fingerprint density at radius 2 is 1.64 bits per heavy atom. The first kappa shape index (κ1) is 9.25. The molecule has 1 aromatic rings. The fourth-order valence-electron chi connectivity index (χ4n) is 0.706. The van der Waals surface area contributed by atoms with E-state index in [4.69, 9.17) is 7.85 Å². The van der Waals surface area contributed by atoms with Gasteiger partial charge in [-0.1, -0.05) is 31.9 Å². The van der Waals surface area contributed by atoms with E-state index < -0.39 is 0 Å². The van der Waals surface area contributed by atoms with E-state index in [1.54, 1.807) is 0 Å². The van der Waals surface area contributed by atoms with E-state index in [0.717, 1.165) is 11.4 Å². The molecular formula is C5H6BBr2N3. The van der Waals surface area contributed by atoms with Crippen LogP contribution in [0.3, 0.4) is 0 Å². The topological polar surface area (TPSA) is 30.7 Å². The van der Waals surface area contributed by atoms with Gasteiger partial charge in [0.15, 0.2) is 0 Å². The van der Waals surface area contributed by atoms with Crippen molar-refractivity contribution in [3.05, 3.63) is 11.4 Å². The van der Waals surface area contributed by atoms with Crippen LogP contribution >= 0.6 is 31.9 Å². The van der Waals surface area contributed by atoms with Crippen LogP contribution in [0.4, 0.5) is 0 Å². The highest BCUT2D eigenvalue weighted by Gasteiger charge is 2.06. The highest BCUT2D eigenvalue weighted by Crippen LogP contribution is 2.10. The minimum atomic E-state index is 0.326. The summed E-state index contributed by atoms with van der Waals surface area (Å²) in [4.78, 5) is 1.48. The number of nitrogens with zero attached hydrogens (tertiary/aromatic N) is 3. The Kier molecular flexibility index (Phi) is 3.58.